The van der Waals surface area contributed by atoms with Crippen LogP contribution in [0.1, 0.15) is 49.9 Å². The van der Waals surface area contributed by atoms with Crippen molar-refractivity contribution in [2.24, 2.45) is 17.8 Å². The van der Waals surface area contributed by atoms with Gasteiger partial charge in [0.2, 0.25) is 5.91 Å². The molecule has 0 bridgehead atoms. The average Bonchev–Trinajstić information content (AvgIpc) is 3.68. The molecule has 0 radical (unpaired) electrons. The van der Waals surface area contributed by atoms with Crippen molar-refractivity contribution in [3.05, 3.63) is 23.8 Å². The van der Waals surface area contributed by atoms with Gasteiger partial charge >= 0.3 is 0 Å². The van der Waals surface area contributed by atoms with Crippen molar-refractivity contribution in [3.63, 3.8) is 0 Å². The van der Waals surface area contributed by atoms with E-state index in [1.807, 2.05) is 7.05 Å². The Kier molecular flexibility index (Phi) is 7.05. The second kappa shape index (κ2) is 9.79. The Labute approximate surface area is 191 Å². The summed E-state index contributed by atoms with van der Waals surface area (Å²) >= 11 is 0. The first-order valence-electron chi connectivity index (χ1n) is 12.0. The van der Waals surface area contributed by atoms with E-state index < -0.39 is 0 Å². The van der Waals surface area contributed by atoms with E-state index in [9.17, 15) is 9.59 Å². The summed E-state index contributed by atoms with van der Waals surface area (Å²) in [5, 5.41) is 2.97. The molecule has 0 unspecified atom stereocenters. The summed E-state index contributed by atoms with van der Waals surface area (Å²) in [6.45, 7) is 7.38. The summed E-state index contributed by atoms with van der Waals surface area (Å²) in [6, 6.07) is 5.56. The first kappa shape index (κ1) is 23.1. The molecule has 2 saturated carbocycles. The Balaban J connectivity index is 1.60. The number of nitrogens with zero attached hydrogens (tertiary/aromatic N) is 2. The van der Waals surface area contributed by atoms with Gasteiger partial charge in [0.1, 0.15) is 12.4 Å². The number of nitrogens with one attached hydrogen (secondary N) is 1. The molecule has 4 rings (SSSR count). The highest BCUT2D eigenvalue weighted by atomic mass is 16.5. The summed E-state index contributed by atoms with van der Waals surface area (Å²) in [7, 11) is 3.54. The maximum atomic E-state index is 13.3. The Morgan fingerprint density at radius 3 is 2.59 bits per heavy atom. The van der Waals surface area contributed by atoms with Gasteiger partial charge < -0.3 is 19.7 Å². The number of methoxy groups -OCH3 is 1. The van der Waals surface area contributed by atoms with Crippen molar-refractivity contribution in [1.29, 1.82) is 0 Å². The van der Waals surface area contributed by atoms with Gasteiger partial charge in [-0.25, -0.2) is 0 Å². The molecule has 176 valence electrons. The molecule has 32 heavy (non-hydrogen) atoms. The maximum absolute atomic E-state index is 13.3. The fourth-order valence-electron chi connectivity index (χ4n) is 4.40. The smallest absolute Gasteiger partial charge is 0.257 e. The molecule has 2 amide bonds. The zero-order valence-corrected chi connectivity index (χ0v) is 19.8. The number of fused-ring (bicyclic) bond motifs is 1. The fourth-order valence-corrected chi connectivity index (χ4v) is 4.40. The minimum atomic E-state index is -0.0996. The number of benzene rings is 1. The monoisotopic (exact) mass is 443 g/mol. The van der Waals surface area contributed by atoms with Crippen LogP contribution in [0.4, 0.5) is 5.69 Å². The number of rotatable bonds is 5. The topological polar surface area (TPSA) is 71.1 Å². The Hall–Kier alpha value is -2.12. The van der Waals surface area contributed by atoms with Crippen LogP contribution in [0.5, 0.6) is 5.75 Å². The predicted octanol–water partition coefficient (Wildman–Crippen LogP) is 3.25. The number of carbonyl (C=O) groups is 2. The van der Waals surface area contributed by atoms with Crippen molar-refractivity contribution < 1.29 is 19.1 Å². The molecule has 1 heterocycles. The molecule has 1 aromatic carbocycles. The lowest BCUT2D eigenvalue weighted by molar-refractivity contribution is -0.117. The molecule has 7 nitrogen and oxygen atoms in total. The first-order valence-corrected chi connectivity index (χ1v) is 12.0. The minimum absolute atomic E-state index is 0.0428. The second-order valence-corrected chi connectivity index (χ2v) is 9.97. The van der Waals surface area contributed by atoms with Crippen LogP contribution in [-0.2, 0) is 9.53 Å². The summed E-state index contributed by atoms with van der Waals surface area (Å²) in [5.41, 5.74) is 1.19. The zero-order valence-electron chi connectivity index (χ0n) is 19.8. The van der Waals surface area contributed by atoms with Gasteiger partial charge in [0, 0.05) is 57.5 Å². The van der Waals surface area contributed by atoms with E-state index in [0.717, 1.165) is 31.8 Å². The van der Waals surface area contributed by atoms with Crippen molar-refractivity contribution in [2.45, 2.75) is 51.7 Å². The zero-order chi connectivity index (χ0) is 22.8. The number of ether oxygens (including phenoxy) is 2. The summed E-state index contributed by atoms with van der Waals surface area (Å²) in [6.07, 6.45) is 4.46. The third kappa shape index (κ3) is 5.62. The highest BCUT2D eigenvalue weighted by Crippen LogP contribution is 2.33. The van der Waals surface area contributed by atoms with Crippen LogP contribution in [0.2, 0.25) is 0 Å². The van der Waals surface area contributed by atoms with Crippen LogP contribution in [0.3, 0.4) is 0 Å². The van der Waals surface area contributed by atoms with Crippen molar-refractivity contribution in [2.75, 3.05) is 45.7 Å². The molecule has 7 heteroatoms. The van der Waals surface area contributed by atoms with E-state index in [2.05, 4.69) is 24.1 Å². The van der Waals surface area contributed by atoms with Gasteiger partial charge in [0.05, 0.1) is 11.7 Å². The number of anilines is 1. The van der Waals surface area contributed by atoms with Crippen LogP contribution in [0.25, 0.3) is 0 Å². The predicted molar refractivity (Wildman–Crippen MR) is 124 cm³/mol. The first-order chi connectivity index (χ1) is 15.4. The van der Waals surface area contributed by atoms with Crippen molar-refractivity contribution in [1.82, 2.24) is 9.80 Å². The van der Waals surface area contributed by atoms with Gasteiger partial charge in [-0.05, 0) is 56.6 Å². The fraction of sp³-hybridized carbons (Fsp3) is 0.680. The Morgan fingerprint density at radius 2 is 1.94 bits per heavy atom. The molecule has 1 N–H and O–H groups in total. The largest absolute Gasteiger partial charge is 0.491 e. The van der Waals surface area contributed by atoms with Gasteiger partial charge in [-0.2, -0.15) is 0 Å². The van der Waals surface area contributed by atoms with Crippen molar-refractivity contribution in [3.8, 4) is 5.75 Å². The molecule has 2 fully saturated rings. The van der Waals surface area contributed by atoms with Gasteiger partial charge in [0.15, 0.2) is 0 Å². The van der Waals surface area contributed by atoms with Gasteiger partial charge in [-0.1, -0.05) is 6.92 Å². The number of carbonyl (C=O) groups excluding carboxylic acids is 2. The molecule has 0 saturated heterocycles. The third-order valence-electron chi connectivity index (χ3n) is 6.98. The normalized spacial score (nSPS) is 27.7. The lowest BCUT2D eigenvalue weighted by Crippen LogP contribution is -2.47. The van der Waals surface area contributed by atoms with E-state index >= 15 is 0 Å². The summed E-state index contributed by atoms with van der Waals surface area (Å²) < 4.78 is 12.0. The molecule has 3 aliphatic rings. The van der Waals surface area contributed by atoms with Crippen LogP contribution < -0.4 is 10.1 Å². The number of hydrogen-bond acceptors (Lipinski definition) is 5. The third-order valence-corrected chi connectivity index (χ3v) is 6.98. The van der Waals surface area contributed by atoms with Crippen LogP contribution in [-0.4, -0.2) is 74.2 Å². The molecular formula is C25H37N3O4. The molecular weight excluding hydrogens is 406 g/mol. The SMILES string of the molecule is CO[C@H]1CN(C)C(=O)c2ccc(NC(=O)C3CC3)cc2OC[C@H](C)N(CC2CC2)C[C@@H]1C. The quantitative estimate of drug-likeness (QED) is 0.756. The van der Waals surface area contributed by atoms with Crippen LogP contribution >= 0.6 is 0 Å². The van der Waals surface area contributed by atoms with Gasteiger partial charge in [-0.3, -0.25) is 14.5 Å². The Morgan fingerprint density at radius 1 is 1.19 bits per heavy atom. The van der Waals surface area contributed by atoms with Crippen LogP contribution in [0, 0.1) is 17.8 Å². The molecule has 2 aliphatic carbocycles. The lowest BCUT2D eigenvalue weighted by atomic mass is 10.0. The number of amides is 2. The lowest BCUT2D eigenvalue weighted by Gasteiger charge is -2.36. The second-order valence-electron chi connectivity index (χ2n) is 9.97. The van der Waals surface area contributed by atoms with Crippen LogP contribution in [0.15, 0.2) is 18.2 Å². The highest BCUT2D eigenvalue weighted by Gasteiger charge is 2.32. The van der Waals surface area contributed by atoms with E-state index in [1.165, 1.54) is 12.8 Å². The highest BCUT2D eigenvalue weighted by molar-refractivity contribution is 5.99. The summed E-state index contributed by atoms with van der Waals surface area (Å²) in [4.78, 5) is 29.7. The van der Waals surface area contributed by atoms with E-state index in [-0.39, 0.29) is 35.8 Å². The number of likely N-dealkylation sites (N-methyl/N-ethyl adjacent to an activating group) is 1. The standard InChI is InChI=1S/C25H37N3O4/c1-16-12-28(13-18-5-6-18)17(2)15-32-22-11-20(26-24(29)19-7-8-19)9-10-21(22)25(30)27(3)14-23(16)31-4/h9-11,16-19,23H,5-8,12-15H2,1-4H3,(H,26,29)/t16-,17-,23-/m0/s1. The average molecular weight is 444 g/mol. The van der Waals surface area contributed by atoms with Gasteiger partial charge in [-0.15, -0.1) is 0 Å². The molecule has 0 aromatic heterocycles. The maximum Gasteiger partial charge on any atom is 0.257 e. The Bertz CT molecular complexity index is 836. The molecule has 3 atom stereocenters. The number of hydrogen-bond donors (Lipinski definition) is 1. The molecule has 1 aromatic rings. The van der Waals surface area contributed by atoms with Crippen molar-refractivity contribution >= 4 is 17.5 Å². The minimum Gasteiger partial charge on any atom is -0.491 e. The summed E-state index contributed by atoms with van der Waals surface area (Å²) in [5.74, 6) is 1.65. The van der Waals surface area contributed by atoms with E-state index in [0.29, 0.717) is 30.2 Å². The molecule has 1 aliphatic heterocycles. The van der Waals surface area contributed by atoms with E-state index in [4.69, 9.17) is 9.47 Å². The molecule has 0 spiro atoms. The van der Waals surface area contributed by atoms with E-state index in [1.54, 1.807) is 30.2 Å². The van der Waals surface area contributed by atoms with Gasteiger partial charge in [0.25, 0.3) is 5.91 Å².